The second-order valence-corrected chi connectivity index (χ2v) is 5.33. The monoisotopic (exact) mass is 281 g/mol. The van der Waals surface area contributed by atoms with Gasteiger partial charge in [-0.05, 0) is 34.5 Å². The van der Waals surface area contributed by atoms with Gasteiger partial charge in [-0.1, -0.05) is 72.8 Å². The third-order valence-corrected chi connectivity index (χ3v) is 3.88. The molecule has 0 saturated heterocycles. The molecule has 0 aliphatic heterocycles. The lowest BCUT2D eigenvalue weighted by atomic mass is 10.0. The van der Waals surface area contributed by atoms with Crippen LogP contribution >= 0.6 is 0 Å². The fourth-order valence-electron chi connectivity index (χ4n) is 2.75. The number of nitrogens with zero attached hydrogens (tertiary/aromatic N) is 1. The van der Waals surface area contributed by atoms with E-state index in [1.54, 1.807) is 0 Å². The van der Waals surface area contributed by atoms with Crippen molar-refractivity contribution in [2.75, 3.05) is 0 Å². The van der Waals surface area contributed by atoms with Gasteiger partial charge in [-0.3, -0.25) is 0 Å². The summed E-state index contributed by atoms with van der Waals surface area (Å²) in [7, 11) is 0. The van der Waals surface area contributed by atoms with Crippen LogP contribution in [0, 0.1) is 0 Å². The van der Waals surface area contributed by atoms with Crippen molar-refractivity contribution in [1.29, 1.82) is 0 Å². The fraction of sp³-hybridized carbons (Fsp3) is 0. The van der Waals surface area contributed by atoms with Gasteiger partial charge in [-0.25, -0.2) is 4.98 Å². The maximum Gasteiger partial charge on any atom is 0.0709 e. The number of pyridine rings is 1. The predicted molar refractivity (Wildman–Crippen MR) is 94.6 cm³/mol. The summed E-state index contributed by atoms with van der Waals surface area (Å²) in [6, 6.07) is 27.2. The first-order chi connectivity index (χ1) is 10.9. The molecule has 4 rings (SSSR count). The van der Waals surface area contributed by atoms with Crippen LogP contribution in [0.4, 0.5) is 0 Å². The number of hydrogen-bond acceptors (Lipinski definition) is 1. The van der Waals surface area contributed by atoms with E-state index in [4.69, 9.17) is 0 Å². The Balaban J connectivity index is 1.75. The van der Waals surface area contributed by atoms with Gasteiger partial charge in [-0.2, -0.15) is 0 Å². The highest BCUT2D eigenvalue weighted by Crippen LogP contribution is 2.21. The van der Waals surface area contributed by atoms with Crippen LogP contribution in [-0.2, 0) is 0 Å². The van der Waals surface area contributed by atoms with E-state index in [0.29, 0.717) is 0 Å². The molecule has 0 bridgehead atoms. The lowest BCUT2D eigenvalue weighted by molar-refractivity contribution is 1.37. The van der Waals surface area contributed by atoms with Crippen LogP contribution in [0.15, 0.2) is 78.9 Å². The van der Waals surface area contributed by atoms with Gasteiger partial charge in [-0.15, -0.1) is 0 Å². The molecule has 1 heterocycles. The summed E-state index contributed by atoms with van der Waals surface area (Å²) < 4.78 is 0. The molecule has 0 atom stereocenters. The molecular weight excluding hydrogens is 266 g/mol. The minimum absolute atomic E-state index is 0.978. The molecule has 22 heavy (non-hydrogen) atoms. The molecule has 0 N–H and O–H groups in total. The Bertz CT molecular complexity index is 978. The van der Waals surface area contributed by atoms with Crippen LogP contribution in [0.1, 0.15) is 11.3 Å². The highest BCUT2D eigenvalue weighted by Gasteiger charge is 1.98. The quantitative estimate of drug-likeness (QED) is 0.469. The number of hydrogen-bond donors (Lipinski definition) is 0. The molecule has 0 saturated carbocycles. The molecule has 0 aliphatic rings. The van der Waals surface area contributed by atoms with Crippen molar-refractivity contribution >= 4 is 33.8 Å². The SMILES string of the molecule is C(=Cc1cccc2ccccc12)c1ccc2ccccc2n1. The second kappa shape index (κ2) is 5.45. The summed E-state index contributed by atoms with van der Waals surface area (Å²) in [4.78, 5) is 4.68. The van der Waals surface area contributed by atoms with Gasteiger partial charge in [0.2, 0.25) is 0 Å². The van der Waals surface area contributed by atoms with E-state index in [1.165, 1.54) is 21.7 Å². The molecule has 0 radical (unpaired) electrons. The van der Waals surface area contributed by atoms with E-state index in [9.17, 15) is 0 Å². The van der Waals surface area contributed by atoms with Crippen molar-refractivity contribution in [2.45, 2.75) is 0 Å². The maximum atomic E-state index is 4.68. The van der Waals surface area contributed by atoms with Crippen molar-refractivity contribution in [3.05, 3.63) is 90.1 Å². The molecule has 104 valence electrons. The van der Waals surface area contributed by atoms with Crippen LogP contribution in [0.5, 0.6) is 0 Å². The van der Waals surface area contributed by atoms with Crippen molar-refractivity contribution < 1.29 is 0 Å². The van der Waals surface area contributed by atoms with E-state index < -0.39 is 0 Å². The zero-order valence-electron chi connectivity index (χ0n) is 12.1. The lowest BCUT2D eigenvalue weighted by Gasteiger charge is -2.02. The lowest BCUT2D eigenvalue weighted by Crippen LogP contribution is -1.83. The van der Waals surface area contributed by atoms with Gasteiger partial charge in [0.25, 0.3) is 0 Å². The molecule has 1 nitrogen and oxygen atoms in total. The van der Waals surface area contributed by atoms with Crippen LogP contribution in [0.25, 0.3) is 33.8 Å². The van der Waals surface area contributed by atoms with E-state index in [0.717, 1.165) is 11.2 Å². The summed E-state index contributed by atoms with van der Waals surface area (Å²) in [5, 5.41) is 3.70. The molecule has 0 aliphatic carbocycles. The molecule has 3 aromatic carbocycles. The zero-order chi connectivity index (χ0) is 14.8. The summed E-state index contributed by atoms with van der Waals surface area (Å²) in [6.45, 7) is 0. The normalized spacial score (nSPS) is 11.5. The number of aromatic nitrogens is 1. The summed E-state index contributed by atoms with van der Waals surface area (Å²) in [6.07, 6.45) is 4.22. The van der Waals surface area contributed by atoms with Crippen LogP contribution in [0.2, 0.25) is 0 Å². The smallest absolute Gasteiger partial charge is 0.0709 e. The van der Waals surface area contributed by atoms with Crippen LogP contribution < -0.4 is 0 Å². The molecule has 0 unspecified atom stereocenters. The Morgan fingerprint density at radius 1 is 0.591 bits per heavy atom. The average molecular weight is 281 g/mol. The average Bonchev–Trinajstić information content (AvgIpc) is 2.60. The van der Waals surface area contributed by atoms with E-state index in [1.807, 2.05) is 18.2 Å². The molecule has 0 fully saturated rings. The highest BCUT2D eigenvalue weighted by molar-refractivity contribution is 5.93. The highest BCUT2D eigenvalue weighted by atomic mass is 14.7. The van der Waals surface area contributed by atoms with Gasteiger partial charge in [0.15, 0.2) is 0 Å². The predicted octanol–water partition coefficient (Wildman–Crippen LogP) is 5.56. The van der Waals surface area contributed by atoms with Crippen LogP contribution in [0.3, 0.4) is 0 Å². The Labute approximate surface area is 129 Å². The number of fused-ring (bicyclic) bond motifs is 2. The topological polar surface area (TPSA) is 12.9 Å². The second-order valence-electron chi connectivity index (χ2n) is 5.33. The Kier molecular flexibility index (Phi) is 3.17. The first-order valence-electron chi connectivity index (χ1n) is 7.42. The fourth-order valence-corrected chi connectivity index (χ4v) is 2.75. The molecule has 0 spiro atoms. The number of rotatable bonds is 2. The third kappa shape index (κ3) is 2.38. The van der Waals surface area contributed by atoms with Crippen molar-refractivity contribution in [1.82, 2.24) is 4.98 Å². The molecule has 1 aromatic heterocycles. The standard InChI is InChI=1S/C21H15N/c1-3-10-20-16(6-1)8-5-9-17(20)12-14-19-15-13-18-7-2-4-11-21(18)22-19/h1-15H. The summed E-state index contributed by atoms with van der Waals surface area (Å²) in [5.74, 6) is 0. The molecule has 0 amide bonds. The van der Waals surface area contributed by atoms with Crippen molar-refractivity contribution in [3.63, 3.8) is 0 Å². The minimum Gasteiger partial charge on any atom is -0.248 e. The molecular formula is C21H15N. The Hall–Kier alpha value is -2.93. The van der Waals surface area contributed by atoms with Gasteiger partial charge in [0, 0.05) is 5.39 Å². The van der Waals surface area contributed by atoms with Gasteiger partial charge < -0.3 is 0 Å². The number of para-hydroxylation sites is 1. The van der Waals surface area contributed by atoms with Gasteiger partial charge >= 0.3 is 0 Å². The summed E-state index contributed by atoms with van der Waals surface area (Å²) in [5.41, 5.74) is 3.22. The van der Waals surface area contributed by atoms with Gasteiger partial charge in [0.05, 0.1) is 11.2 Å². The van der Waals surface area contributed by atoms with E-state index >= 15 is 0 Å². The van der Waals surface area contributed by atoms with Crippen molar-refractivity contribution in [2.24, 2.45) is 0 Å². The Morgan fingerprint density at radius 2 is 1.36 bits per heavy atom. The first kappa shape index (κ1) is 12.8. The minimum atomic E-state index is 0.978. The van der Waals surface area contributed by atoms with Crippen molar-refractivity contribution in [3.8, 4) is 0 Å². The van der Waals surface area contributed by atoms with E-state index in [2.05, 4.69) is 77.8 Å². The van der Waals surface area contributed by atoms with E-state index in [-0.39, 0.29) is 0 Å². The third-order valence-electron chi connectivity index (χ3n) is 3.88. The zero-order valence-corrected chi connectivity index (χ0v) is 12.1. The molecule has 4 aromatic rings. The maximum absolute atomic E-state index is 4.68. The van der Waals surface area contributed by atoms with Gasteiger partial charge in [0.1, 0.15) is 0 Å². The van der Waals surface area contributed by atoms with Crippen LogP contribution in [-0.4, -0.2) is 4.98 Å². The molecule has 1 heteroatoms. The Morgan fingerprint density at radius 3 is 2.32 bits per heavy atom. The largest absolute Gasteiger partial charge is 0.248 e. The first-order valence-corrected chi connectivity index (χ1v) is 7.42. The number of benzene rings is 3. The summed E-state index contributed by atoms with van der Waals surface area (Å²) >= 11 is 0.